The maximum absolute atomic E-state index is 12.5. The summed E-state index contributed by atoms with van der Waals surface area (Å²) in [6.45, 7) is 3.65. The van der Waals surface area contributed by atoms with E-state index in [-0.39, 0.29) is 32.6 Å². The highest BCUT2D eigenvalue weighted by molar-refractivity contribution is 7.47. The molecule has 286 valence electrons. The van der Waals surface area contributed by atoms with E-state index in [0.717, 1.165) is 64.2 Å². The van der Waals surface area contributed by atoms with Crippen LogP contribution in [0.3, 0.4) is 0 Å². The number of carbonyl (C=O) groups is 2. The van der Waals surface area contributed by atoms with Gasteiger partial charge in [-0.1, -0.05) is 121 Å². The molecule has 10 heteroatoms. The van der Waals surface area contributed by atoms with Crippen molar-refractivity contribution >= 4 is 19.8 Å². The lowest BCUT2D eigenvalue weighted by Crippen LogP contribution is -2.29. The van der Waals surface area contributed by atoms with Crippen LogP contribution in [0.2, 0.25) is 0 Å². The van der Waals surface area contributed by atoms with Crippen molar-refractivity contribution in [3.05, 3.63) is 36.5 Å². The number of ether oxygens (including phenoxy) is 2. The van der Waals surface area contributed by atoms with Gasteiger partial charge in [0.1, 0.15) is 6.61 Å². The van der Waals surface area contributed by atoms with Gasteiger partial charge in [0.15, 0.2) is 6.10 Å². The Morgan fingerprint density at radius 3 is 1.63 bits per heavy atom. The minimum Gasteiger partial charge on any atom is -0.462 e. The Morgan fingerprint density at radius 1 is 0.612 bits per heavy atom. The van der Waals surface area contributed by atoms with E-state index in [1.54, 1.807) is 0 Å². The van der Waals surface area contributed by atoms with Gasteiger partial charge < -0.3 is 20.1 Å². The lowest BCUT2D eigenvalue weighted by atomic mass is 10.1. The van der Waals surface area contributed by atoms with Crippen LogP contribution in [-0.2, 0) is 32.7 Å². The zero-order valence-electron chi connectivity index (χ0n) is 31.2. The number of unbranched alkanes of at least 4 members (excludes halogenated alkanes) is 17. The van der Waals surface area contributed by atoms with Gasteiger partial charge in [0.2, 0.25) is 0 Å². The lowest BCUT2D eigenvalue weighted by molar-refractivity contribution is -0.161. The molecule has 0 aromatic rings. The fourth-order valence-corrected chi connectivity index (χ4v) is 5.83. The van der Waals surface area contributed by atoms with Gasteiger partial charge in [0.05, 0.1) is 13.2 Å². The Morgan fingerprint density at radius 2 is 1.06 bits per heavy atom. The third-order valence-corrected chi connectivity index (χ3v) is 8.98. The van der Waals surface area contributed by atoms with E-state index in [9.17, 15) is 19.0 Å². The molecular formula is C39H72NO8P. The van der Waals surface area contributed by atoms with Crippen molar-refractivity contribution in [2.45, 2.75) is 174 Å². The molecule has 0 fully saturated rings. The molecular weight excluding hydrogens is 641 g/mol. The van der Waals surface area contributed by atoms with Crippen LogP contribution in [0.25, 0.3) is 0 Å². The molecule has 0 radical (unpaired) electrons. The number of hydrogen-bond acceptors (Lipinski definition) is 8. The molecule has 3 N–H and O–H groups in total. The number of phosphoric ester groups is 1. The van der Waals surface area contributed by atoms with Crippen molar-refractivity contribution in [3.63, 3.8) is 0 Å². The summed E-state index contributed by atoms with van der Waals surface area (Å²) >= 11 is 0. The number of allylic oxidation sites excluding steroid dienone is 6. The lowest BCUT2D eigenvalue weighted by Gasteiger charge is -2.19. The van der Waals surface area contributed by atoms with Crippen LogP contribution in [0.15, 0.2) is 36.5 Å². The van der Waals surface area contributed by atoms with Crippen LogP contribution < -0.4 is 5.73 Å². The summed E-state index contributed by atoms with van der Waals surface area (Å²) in [6.07, 6.45) is 37.4. The van der Waals surface area contributed by atoms with E-state index >= 15 is 0 Å². The summed E-state index contributed by atoms with van der Waals surface area (Å²) in [7, 11) is -4.38. The van der Waals surface area contributed by atoms with Gasteiger partial charge in [-0.25, -0.2) is 4.57 Å². The number of esters is 2. The van der Waals surface area contributed by atoms with Crippen molar-refractivity contribution in [2.75, 3.05) is 26.4 Å². The molecule has 0 aromatic heterocycles. The monoisotopic (exact) mass is 713 g/mol. The summed E-state index contributed by atoms with van der Waals surface area (Å²) in [6, 6.07) is 0. The first-order valence-corrected chi connectivity index (χ1v) is 21.0. The molecule has 0 rings (SSSR count). The summed E-state index contributed by atoms with van der Waals surface area (Å²) in [5, 5.41) is 0. The van der Waals surface area contributed by atoms with Gasteiger partial charge in [-0.2, -0.15) is 0 Å². The quantitative estimate of drug-likeness (QED) is 0.0281. The molecule has 1 unspecified atom stereocenters. The van der Waals surface area contributed by atoms with E-state index in [1.807, 2.05) is 0 Å². The number of phosphoric acid groups is 1. The molecule has 0 aliphatic rings. The normalized spacial score (nSPS) is 13.8. The Balaban J connectivity index is 4.26. The van der Waals surface area contributed by atoms with Gasteiger partial charge in [0.25, 0.3) is 0 Å². The molecule has 2 atom stereocenters. The molecule has 9 nitrogen and oxygen atoms in total. The van der Waals surface area contributed by atoms with Gasteiger partial charge in [-0.15, -0.1) is 0 Å². The summed E-state index contributed by atoms with van der Waals surface area (Å²) in [5.41, 5.74) is 5.33. The zero-order chi connectivity index (χ0) is 36.1. The van der Waals surface area contributed by atoms with Gasteiger partial charge in [0, 0.05) is 19.4 Å². The first-order chi connectivity index (χ1) is 23.8. The Labute approximate surface area is 299 Å². The van der Waals surface area contributed by atoms with Crippen LogP contribution in [0.1, 0.15) is 168 Å². The Hall–Kier alpha value is -1.77. The van der Waals surface area contributed by atoms with E-state index in [2.05, 4.69) is 50.3 Å². The van der Waals surface area contributed by atoms with Crippen LogP contribution in [0.4, 0.5) is 0 Å². The Kier molecular flexibility index (Phi) is 34.7. The largest absolute Gasteiger partial charge is 0.472 e. The van der Waals surface area contributed by atoms with Crippen LogP contribution >= 0.6 is 7.82 Å². The fraction of sp³-hybridized carbons (Fsp3) is 0.795. The second kappa shape index (κ2) is 36.0. The molecule has 0 aliphatic carbocycles. The van der Waals surface area contributed by atoms with Gasteiger partial charge >= 0.3 is 19.8 Å². The molecule has 0 saturated heterocycles. The molecule has 0 aromatic carbocycles. The van der Waals surface area contributed by atoms with Crippen LogP contribution in [0, 0.1) is 0 Å². The van der Waals surface area contributed by atoms with Crippen LogP contribution in [0.5, 0.6) is 0 Å². The van der Waals surface area contributed by atoms with E-state index in [1.165, 1.54) is 64.2 Å². The zero-order valence-corrected chi connectivity index (χ0v) is 32.1. The second-order valence-corrected chi connectivity index (χ2v) is 14.2. The number of rotatable bonds is 36. The maximum atomic E-state index is 12.5. The third-order valence-electron chi connectivity index (χ3n) is 8.00. The van der Waals surface area contributed by atoms with Crippen molar-refractivity contribution in [1.82, 2.24) is 0 Å². The highest BCUT2D eigenvalue weighted by Gasteiger charge is 2.25. The predicted molar refractivity (Wildman–Crippen MR) is 201 cm³/mol. The highest BCUT2D eigenvalue weighted by atomic mass is 31.2. The number of hydrogen-bond donors (Lipinski definition) is 2. The average molecular weight is 714 g/mol. The van der Waals surface area contributed by atoms with Gasteiger partial charge in [-0.05, 0) is 70.6 Å². The minimum absolute atomic E-state index is 0.0486. The predicted octanol–water partition coefficient (Wildman–Crippen LogP) is 10.6. The smallest absolute Gasteiger partial charge is 0.462 e. The van der Waals surface area contributed by atoms with Crippen LogP contribution in [-0.4, -0.2) is 49.3 Å². The molecule has 0 saturated carbocycles. The highest BCUT2D eigenvalue weighted by Crippen LogP contribution is 2.43. The molecule has 0 aliphatic heterocycles. The maximum Gasteiger partial charge on any atom is 0.472 e. The SMILES string of the molecule is CCCCC/C=C/C/C=C/CCCCCCCC(=O)OC[C@H](COP(=O)(O)OCCN)OC(=O)CCCCC/C=C/CCCCCCCC. The average Bonchev–Trinajstić information content (AvgIpc) is 3.08. The third kappa shape index (κ3) is 35.8. The molecule has 0 heterocycles. The summed E-state index contributed by atoms with van der Waals surface area (Å²) in [5.74, 6) is -0.865. The van der Waals surface area contributed by atoms with Gasteiger partial charge in [-0.3, -0.25) is 18.6 Å². The Bertz CT molecular complexity index is 907. The second-order valence-electron chi connectivity index (χ2n) is 12.8. The molecule has 0 amide bonds. The first kappa shape index (κ1) is 47.2. The van der Waals surface area contributed by atoms with Crippen molar-refractivity contribution in [1.29, 1.82) is 0 Å². The standard InChI is InChI=1S/C39H72NO8P/c1-3-5-7-9-11-13-15-17-18-20-21-23-25-27-29-31-38(41)45-35-37(36-47-49(43,44)46-34-33-40)48-39(42)32-30-28-26-24-22-19-16-14-12-10-8-6-4-2/h11,13,17-19,22,37H,3-10,12,14-16,20-21,23-36,40H2,1-2H3,(H,43,44)/b13-11+,18-17+,22-19+/t37-/m1/s1. The van der Waals surface area contributed by atoms with E-state index in [4.69, 9.17) is 24.3 Å². The number of nitrogens with two attached hydrogens (primary N) is 1. The van der Waals surface area contributed by atoms with E-state index < -0.39 is 32.5 Å². The topological polar surface area (TPSA) is 134 Å². The molecule has 0 spiro atoms. The molecule has 0 bridgehead atoms. The van der Waals surface area contributed by atoms with E-state index in [0.29, 0.717) is 12.8 Å². The van der Waals surface area contributed by atoms with Crippen molar-refractivity contribution in [2.24, 2.45) is 5.73 Å². The minimum atomic E-state index is -4.38. The van der Waals surface area contributed by atoms with Crippen molar-refractivity contribution in [3.8, 4) is 0 Å². The van der Waals surface area contributed by atoms with Crippen molar-refractivity contribution < 1.29 is 37.6 Å². The number of carbonyl (C=O) groups excluding carboxylic acids is 2. The summed E-state index contributed by atoms with van der Waals surface area (Å²) < 4.78 is 32.6. The fourth-order valence-electron chi connectivity index (χ4n) is 5.07. The summed E-state index contributed by atoms with van der Waals surface area (Å²) in [4.78, 5) is 34.7. The molecule has 49 heavy (non-hydrogen) atoms. The first-order valence-electron chi connectivity index (χ1n) is 19.5.